The molecule has 4 rings (SSSR count). The van der Waals surface area contributed by atoms with Crippen LogP contribution in [0.25, 0.3) is 0 Å². The van der Waals surface area contributed by atoms with Crippen LogP contribution in [0.15, 0.2) is 12.1 Å². The molecule has 3 saturated heterocycles. The highest BCUT2D eigenvalue weighted by Crippen LogP contribution is 2.31. The molecule has 2 amide bonds. The first-order valence-electron chi connectivity index (χ1n) is 10.6. The summed E-state index contributed by atoms with van der Waals surface area (Å²) >= 11 is 0. The van der Waals surface area contributed by atoms with E-state index in [0.29, 0.717) is 26.2 Å². The van der Waals surface area contributed by atoms with Crippen LogP contribution in [-0.4, -0.2) is 86.9 Å². The number of hydrogen-bond donors (Lipinski definition) is 1. The first kappa shape index (κ1) is 22.6. The number of carbonyl (C=O) groups is 2. The molecule has 0 bridgehead atoms. The standard InChI is InChI=1S/C20H25F4N5O3/c21-15-9-13(29-12-14(32-20(29)31)11-25-19(30)18(23)24)10-16(22)17(15)26-5-7-27-3-1-2-4-28(27)8-6-26/h9-10,14,18H,1-8,11-12H2,(H,25,30)/t14-/m0/s1. The Labute approximate surface area is 182 Å². The van der Waals surface area contributed by atoms with Crippen LogP contribution in [0.2, 0.25) is 0 Å². The van der Waals surface area contributed by atoms with Gasteiger partial charge in [0.05, 0.1) is 18.8 Å². The van der Waals surface area contributed by atoms with Crippen molar-refractivity contribution in [2.75, 3.05) is 62.2 Å². The average molecular weight is 459 g/mol. The Hall–Kier alpha value is -2.60. The second-order valence-corrected chi connectivity index (χ2v) is 8.02. The average Bonchev–Trinajstić information content (AvgIpc) is 3.00. The van der Waals surface area contributed by atoms with Crippen molar-refractivity contribution in [1.82, 2.24) is 15.3 Å². The molecule has 1 aromatic carbocycles. The van der Waals surface area contributed by atoms with Gasteiger partial charge in [-0.15, -0.1) is 0 Å². The molecule has 1 N–H and O–H groups in total. The normalized spacial score (nSPS) is 22.7. The van der Waals surface area contributed by atoms with E-state index in [1.165, 1.54) is 0 Å². The van der Waals surface area contributed by atoms with Gasteiger partial charge in [0.25, 0.3) is 5.91 Å². The Kier molecular flexibility index (Phi) is 6.70. The summed E-state index contributed by atoms with van der Waals surface area (Å²) in [4.78, 5) is 25.8. The van der Waals surface area contributed by atoms with E-state index in [4.69, 9.17) is 4.74 Å². The van der Waals surface area contributed by atoms with Gasteiger partial charge in [-0.2, -0.15) is 8.78 Å². The third-order valence-corrected chi connectivity index (χ3v) is 5.94. The fourth-order valence-electron chi connectivity index (χ4n) is 4.33. The number of alkyl halides is 2. The van der Waals surface area contributed by atoms with E-state index in [9.17, 15) is 27.2 Å². The number of fused-ring (bicyclic) bond motifs is 1. The van der Waals surface area contributed by atoms with Crippen molar-refractivity contribution < 1.29 is 31.9 Å². The second kappa shape index (κ2) is 9.49. The molecule has 1 aromatic rings. The molecule has 0 aromatic heterocycles. The second-order valence-electron chi connectivity index (χ2n) is 8.02. The van der Waals surface area contributed by atoms with E-state index in [0.717, 1.165) is 43.0 Å². The monoisotopic (exact) mass is 459 g/mol. The van der Waals surface area contributed by atoms with Crippen molar-refractivity contribution in [3.63, 3.8) is 0 Å². The Balaban J connectivity index is 1.44. The van der Waals surface area contributed by atoms with Crippen molar-refractivity contribution in [2.24, 2.45) is 0 Å². The van der Waals surface area contributed by atoms with Crippen LogP contribution in [0.5, 0.6) is 0 Å². The zero-order valence-electron chi connectivity index (χ0n) is 17.4. The van der Waals surface area contributed by atoms with Crippen LogP contribution >= 0.6 is 0 Å². The number of anilines is 2. The van der Waals surface area contributed by atoms with Gasteiger partial charge in [0, 0.05) is 51.4 Å². The zero-order chi connectivity index (χ0) is 22.8. The molecule has 8 nitrogen and oxygen atoms in total. The molecular weight excluding hydrogens is 434 g/mol. The van der Waals surface area contributed by atoms with Crippen LogP contribution in [0.4, 0.5) is 33.7 Å². The van der Waals surface area contributed by atoms with E-state index in [1.54, 1.807) is 4.90 Å². The molecule has 1 atom stereocenters. The Morgan fingerprint density at radius 2 is 1.62 bits per heavy atom. The Morgan fingerprint density at radius 1 is 1.03 bits per heavy atom. The first-order valence-corrected chi connectivity index (χ1v) is 10.6. The number of benzene rings is 1. The van der Waals surface area contributed by atoms with E-state index in [-0.39, 0.29) is 24.5 Å². The van der Waals surface area contributed by atoms with Gasteiger partial charge in [0.1, 0.15) is 11.8 Å². The fourth-order valence-corrected chi connectivity index (χ4v) is 4.33. The SMILES string of the molecule is O=C(NC[C@H]1CN(c2cc(F)c(N3CCN4CCCCN4CC3)c(F)c2)C(=O)O1)C(F)F. The van der Waals surface area contributed by atoms with E-state index in [1.807, 2.05) is 5.32 Å². The van der Waals surface area contributed by atoms with E-state index in [2.05, 4.69) is 10.0 Å². The van der Waals surface area contributed by atoms with Gasteiger partial charge in [-0.1, -0.05) is 0 Å². The van der Waals surface area contributed by atoms with Crippen molar-refractivity contribution >= 4 is 23.4 Å². The van der Waals surface area contributed by atoms with Crippen molar-refractivity contribution in [2.45, 2.75) is 25.4 Å². The molecule has 12 heteroatoms. The minimum absolute atomic E-state index is 0.0348. The number of hydrogen-bond acceptors (Lipinski definition) is 6. The predicted octanol–water partition coefficient (Wildman–Crippen LogP) is 1.80. The van der Waals surface area contributed by atoms with Crippen molar-refractivity contribution in [1.29, 1.82) is 0 Å². The molecule has 3 heterocycles. The molecule has 0 radical (unpaired) electrons. The molecule has 0 unspecified atom stereocenters. The van der Waals surface area contributed by atoms with Gasteiger partial charge in [-0.3, -0.25) is 9.69 Å². The summed E-state index contributed by atoms with van der Waals surface area (Å²) in [5.74, 6) is -3.07. The molecule has 176 valence electrons. The van der Waals surface area contributed by atoms with Gasteiger partial charge in [0.2, 0.25) is 0 Å². The Bertz CT molecular complexity index is 835. The third kappa shape index (κ3) is 4.75. The summed E-state index contributed by atoms with van der Waals surface area (Å²) in [5.41, 5.74) is -0.171. The lowest BCUT2D eigenvalue weighted by molar-refractivity contribution is -0.132. The molecule has 3 aliphatic heterocycles. The van der Waals surface area contributed by atoms with Crippen LogP contribution in [-0.2, 0) is 9.53 Å². The van der Waals surface area contributed by atoms with Gasteiger partial charge in [0.15, 0.2) is 11.6 Å². The number of nitrogens with one attached hydrogen (secondary N) is 1. The van der Waals surface area contributed by atoms with Gasteiger partial charge >= 0.3 is 12.5 Å². The quantitative estimate of drug-likeness (QED) is 0.678. The number of ether oxygens (including phenoxy) is 1. The van der Waals surface area contributed by atoms with Gasteiger partial charge in [-0.25, -0.2) is 23.6 Å². The van der Waals surface area contributed by atoms with Crippen LogP contribution in [0, 0.1) is 11.6 Å². The molecule has 3 aliphatic rings. The van der Waals surface area contributed by atoms with Crippen LogP contribution < -0.4 is 15.1 Å². The van der Waals surface area contributed by atoms with Crippen LogP contribution in [0.3, 0.4) is 0 Å². The minimum Gasteiger partial charge on any atom is -0.442 e. The molecule has 0 spiro atoms. The van der Waals surface area contributed by atoms with Gasteiger partial charge < -0.3 is 15.0 Å². The molecule has 3 fully saturated rings. The lowest BCUT2D eigenvalue weighted by atomic mass is 10.2. The van der Waals surface area contributed by atoms with Crippen LogP contribution in [0.1, 0.15) is 12.8 Å². The molecular formula is C20H25F4N5O3. The number of amides is 2. The Morgan fingerprint density at radius 3 is 2.19 bits per heavy atom. The summed E-state index contributed by atoms with van der Waals surface area (Å²) in [6.07, 6.45) is -2.75. The first-order chi connectivity index (χ1) is 15.3. The molecule has 32 heavy (non-hydrogen) atoms. The topological polar surface area (TPSA) is 68.4 Å². The number of hydrazine groups is 1. The number of nitrogens with zero attached hydrogens (tertiary/aromatic N) is 4. The number of rotatable bonds is 5. The summed E-state index contributed by atoms with van der Waals surface area (Å²) in [6.45, 7) is 3.71. The minimum atomic E-state index is -3.18. The smallest absolute Gasteiger partial charge is 0.414 e. The highest BCUT2D eigenvalue weighted by molar-refractivity contribution is 5.90. The number of cyclic esters (lactones) is 1. The third-order valence-electron chi connectivity index (χ3n) is 5.94. The number of carbonyl (C=O) groups excluding carboxylic acids is 2. The largest absolute Gasteiger partial charge is 0.442 e. The molecule has 0 saturated carbocycles. The maximum absolute atomic E-state index is 15.0. The predicted molar refractivity (Wildman–Crippen MR) is 108 cm³/mol. The highest BCUT2D eigenvalue weighted by atomic mass is 19.3. The van der Waals surface area contributed by atoms with E-state index < -0.39 is 36.2 Å². The lowest BCUT2D eigenvalue weighted by Gasteiger charge is -2.36. The highest BCUT2D eigenvalue weighted by Gasteiger charge is 2.35. The van der Waals surface area contributed by atoms with Crippen molar-refractivity contribution in [3.8, 4) is 0 Å². The maximum Gasteiger partial charge on any atom is 0.414 e. The van der Waals surface area contributed by atoms with Crippen molar-refractivity contribution in [3.05, 3.63) is 23.8 Å². The summed E-state index contributed by atoms with van der Waals surface area (Å²) in [6, 6.07) is 2.14. The lowest BCUT2D eigenvalue weighted by Crippen LogP contribution is -2.47. The summed E-state index contributed by atoms with van der Waals surface area (Å²) < 4.78 is 59.6. The maximum atomic E-state index is 15.0. The summed E-state index contributed by atoms with van der Waals surface area (Å²) in [5, 5.41) is 6.41. The molecule has 0 aliphatic carbocycles. The van der Waals surface area contributed by atoms with Gasteiger partial charge in [-0.05, 0) is 12.8 Å². The number of halogens is 4. The zero-order valence-corrected chi connectivity index (χ0v) is 17.4. The van der Waals surface area contributed by atoms with E-state index >= 15 is 0 Å². The fraction of sp³-hybridized carbons (Fsp3) is 0.600. The summed E-state index contributed by atoms with van der Waals surface area (Å²) in [7, 11) is 0.